The van der Waals surface area contributed by atoms with Crippen LogP contribution in [0.15, 0.2) is 28.7 Å². The van der Waals surface area contributed by atoms with Gasteiger partial charge in [0.15, 0.2) is 0 Å². The number of amides is 1. The molecule has 1 heterocycles. The number of halogens is 1. The maximum atomic E-state index is 11.8. The topological polar surface area (TPSA) is 67.0 Å². The lowest BCUT2D eigenvalue weighted by atomic mass is 10.3. The third kappa shape index (κ3) is 3.84. The standard InChI is InChI=1S/C14H16BrN3O2/c1-9-14(10(2)18-17-9)16-13(19)6-7-20-12-5-3-4-11(15)8-12/h3-5,8H,6-7H2,1-2H3,(H,16,19)(H,17,18). The Morgan fingerprint density at radius 1 is 1.45 bits per heavy atom. The van der Waals surface area contributed by atoms with Crippen LogP contribution in [0.2, 0.25) is 0 Å². The fourth-order valence-corrected chi connectivity index (χ4v) is 2.13. The molecule has 0 radical (unpaired) electrons. The third-order valence-corrected chi connectivity index (χ3v) is 3.28. The zero-order chi connectivity index (χ0) is 14.5. The van der Waals surface area contributed by atoms with Gasteiger partial charge in [0.2, 0.25) is 5.91 Å². The van der Waals surface area contributed by atoms with Gasteiger partial charge in [-0.25, -0.2) is 0 Å². The number of carbonyl (C=O) groups is 1. The number of benzene rings is 1. The number of rotatable bonds is 5. The summed E-state index contributed by atoms with van der Waals surface area (Å²) >= 11 is 3.37. The van der Waals surface area contributed by atoms with Crippen LogP contribution in [-0.4, -0.2) is 22.7 Å². The number of hydrogen-bond donors (Lipinski definition) is 2. The molecule has 0 bridgehead atoms. The summed E-state index contributed by atoms with van der Waals surface area (Å²) in [5, 5.41) is 9.69. The van der Waals surface area contributed by atoms with E-state index in [9.17, 15) is 4.79 Å². The first kappa shape index (κ1) is 14.6. The molecule has 1 aromatic heterocycles. The van der Waals surface area contributed by atoms with E-state index in [4.69, 9.17) is 4.74 Å². The van der Waals surface area contributed by atoms with Gasteiger partial charge in [0.1, 0.15) is 5.75 Å². The SMILES string of the molecule is Cc1n[nH]c(C)c1NC(=O)CCOc1cccc(Br)c1. The molecule has 0 spiro atoms. The number of ether oxygens (including phenoxy) is 1. The Hall–Kier alpha value is -1.82. The summed E-state index contributed by atoms with van der Waals surface area (Å²) in [5.74, 6) is 0.649. The Morgan fingerprint density at radius 2 is 2.25 bits per heavy atom. The van der Waals surface area contributed by atoms with Crippen molar-refractivity contribution in [3.63, 3.8) is 0 Å². The zero-order valence-corrected chi connectivity index (χ0v) is 13.0. The summed E-state index contributed by atoms with van der Waals surface area (Å²) in [4.78, 5) is 11.8. The van der Waals surface area contributed by atoms with E-state index in [0.717, 1.165) is 27.3 Å². The van der Waals surface area contributed by atoms with Gasteiger partial charge in [0.25, 0.3) is 0 Å². The Morgan fingerprint density at radius 3 is 2.90 bits per heavy atom. The van der Waals surface area contributed by atoms with Crippen molar-refractivity contribution in [1.29, 1.82) is 0 Å². The Balaban J connectivity index is 1.81. The van der Waals surface area contributed by atoms with Crippen LogP contribution in [0.25, 0.3) is 0 Å². The van der Waals surface area contributed by atoms with Crippen LogP contribution in [0.3, 0.4) is 0 Å². The lowest BCUT2D eigenvalue weighted by Crippen LogP contribution is -2.16. The van der Waals surface area contributed by atoms with Gasteiger partial charge in [-0.15, -0.1) is 0 Å². The number of hydrogen-bond acceptors (Lipinski definition) is 3. The number of aryl methyl sites for hydroxylation is 2. The first-order chi connectivity index (χ1) is 9.56. The van der Waals surface area contributed by atoms with Crippen molar-refractivity contribution in [2.24, 2.45) is 0 Å². The molecular weight excluding hydrogens is 322 g/mol. The maximum Gasteiger partial charge on any atom is 0.227 e. The molecule has 0 saturated heterocycles. The van der Waals surface area contributed by atoms with Crippen LogP contribution in [0.4, 0.5) is 5.69 Å². The molecule has 5 nitrogen and oxygen atoms in total. The molecule has 2 aromatic rings. The van der Waals surface area contributed by atoms with Gasteiger partial charge < -0.3 is 10.1 Å². The molecule has 0 aliphatic carbocycles. The Bertz CT molecular complexity index is 591. The molecule has 0 atom stereocenters. The van der Waals surface area contributed by atoms with Gasteiger partial charge in [-0.05, 0) is 32.0 Å². The van der Waals surface area contributed by atoms with E-state index in [1.165, 1.54) is 0 Å². The summed E-state index contributed by atoms with van der Waals surface area (Å²) in [6.07, 6.45) is 0.288. The van der Waals surface area contributed by atoms with Crippen molar-refractivity contribution in [3.05, 3.63) is 40.1 Å². The molecule has 0 saturated carbocycles. The predicted octanol–water partition coefficient (Wildman–Crippen LogP) is 3.20. The average molecular weight is 338 g/mol. The summed E-state index contributed by atoms with van der Waals surface area (Å²) in [7, 11) is 0. The van der Waals surface area contributed by atoms with E-state index in [1.807, 2.05) is 38.1 Å². The molecule has 0 fully saturated rings. The summed E-state index contributed by atoms with van der Waals surface area (Å²) in [6, 6.07) is 7.52. The highest BCUT2D eigenvalue weighted by atomic mass is 79.9. The van der Waals surface area contributed by atoms with E-state index in [2.05, 4.69) is 31.4 Å². The fourth-order valence-electron chi connectivity index (χ4n) is 1.76. The van der Waals surface area contributed by atoms with Gasteiger partial charge in [-0.2, -0.15) is 5.10 Å². The Labute approximate surface area is 125 Å². The third-order valence-electron chi connectivity index (χ3n) is 2.79. The second-order valence-corrected chi connectivity index (χ2v) is 5.33. The smallest absolute Gasteiger partial charge is 0.227 e. The molecule has 1 aromatic carbocycles. The number of nitrogens with one attached hydrogen (secondary N) is 2. The molecular formula is C14H16BrN3O2. The van der Waals surface area contributed by atoms with Gasteiger partial charge in [-0.3, -0.25) is 9.89 Å². The van der Waals surface area contributed by atoms with Crippen molar-refractivity contribution in [2.45, 2.75) is 20.3 Å². The quantitative estimate of drug-likeness (QED) is 0.880. The lowest BCUT2D eigenvalue weighted by Gasteiger charge is -2.07. The molecule has 0 aliphatic rings. The monoisotopic (exact) mass is 337 g/mol. The lowest BCUT2D eigenvalue weighted by molar-refractivity contribution is -0.116. The fraction of sp³-hybridized carbons (Fsp3) is 0.286. The summed E-state index contributed by atoms with van der Waals surface area (Å²) in [5.41, 5.74) is 2.38. The highest BCUT2D eigenvalue weighted by Gasteiger charge is 2.10. The van der Waals surface area contributed by atoms with Crippen molar-refractivity contribution in [2.75, 3.05) is 11.9 Å². The van der Waals surface area contributed by atoms with Crippen LogP contribution < -0.4 is 10.1 Å². The minimum atomic E-state index is -0.0902. The van der Waals surface area contributed by atoms with Crippen molar-refractivity contribution in [3.8, 4) is 5.75 Å². The molecule has 2 N–H and O–H groups in total. The second-order valence-electron chi connectivity index (χ2n) is 4.41. The molecule has 2 rings (SSSR count). The number of anilines is 1. The highest BCUT2D eigenvalue weighted by molar-refractivity contribution is 9.10. The van der Waals surface area contributed by atoms with Crippen LogP contribution in [0.1, 0.15) is 17.8 Å². The first-order valence-corrected chi connectivity index (χ1v) is 7.05. The number of carbonyl (C=O) groups excluding carboxylic acids is 1. The normalized spacial score (nSPS) is 10.3. The molecule has 106 valence electrons. The van der Waals surface area contributed by atoms with Crippen molar-refractivity contribution in [1.82, 2.24) is 10.2 Å². The summed E-state index contributed by atoms with van der Waals surface area (Å²) < 4.78 is 6.47. The summed E-state index contributed by atoms with van der Waals surface area (Å²) in [6.45, 7) is 4.04. The zero-order valence-electron chi connectivity index (χ0n) is 11.4. The first-order valence-electron chi connectivity index (χ1n) is 6.26. The Kier molecular flexibility index (Phi) is 4.79. The van der Waals surface area contributed by atoms with E-state index in [1.54, 1.807) is 0 Å². The van der Waals surface area contributed by atoms with E-state index in [-0.39, 0.29) is 12.3 Å². The van der Waals surface area contributed by atoms with Gasteiger partial charge in [-0.1, -0.05) is 22.0 Å². The number of aromatic nitrogens is 2. The van der Waals surface area contributed by atoms with Gasteiger partial charge in [0, 0.05) is 4.47 Å². The van der Waals surface area contributed by atoms with Crippen LogP contribution in [0, 0.1) is 13.8 Å². The second kappa shape index (κ2) is 6.56. The number of H-pyrrole nitrogens is 1. The minimum Gasteiger partial charge on any atom is -0.493 e. The minimum absolute atomic E-state index is 0.0902. The highest BCUT2D eigenvalue weighted by Crippen LogP contribution is 2.18. The van der Waals surface area contributed by atoms with Gasteiger partial charge >= 0.3 is 0 Å². The van der Waals surface area contributed by atoms with Crippen molar-refractivity contribution < 1.29 is 9.53 Å². The van der Waals surface area contributed by atoms with Crippen LogP contribution in [0.5, 0.6) is 5.75 Å². The average Bonchev–Trinajstić information content (AvgIpc) is 2.71. The van der Waals surface area contributed by atoms with Crippen LogP contribution in [-0.2, 0) is 4.79 Å². The van der Waals surface area contributed by atoms with Gasteiger partial charge in [0.05, 0.1) is 30.1 Å². The predicted molar refractivity (Wildman–Crippen MR) is 80.9 cm³/mol. The number of aromatic amines is 1. The molecule has 20 heavy (non-hydrogen) atoms. The van der Waals surface area contributed by atoms with E-state index >= 15 is 0 Å². The molecule has 0 aliphatic heterocycles. The van der Waals surface area contributed by atoms with Crippen molar-refractivity contribution >= 4 is 27.5 Å². The number of nitrogens with zero attached hydrogens (tertiary/aromatic N) is 1. The molecule has 0 unspecified atom stereocenters. The van der Waals surface area contributed by atoms with E-state index < -0.39 is 0 Å². The molecule has 6 heteroatoms. The largest absolute Gasteiger partial charge is 0.493 e. The maximum absolute atomic E-state index is 11.8. The van der Waals surface area contributed by atoms with E-state index in [0.29, 0.717) is 6.61 Å². The van der Waals surface area contributed by atoms with Crippen LogP contribution >= 0.6 is 15.9 Å². The molecule has 1 amide bonds.